The van der Waals surface area contributed by atoms with Gasteiger partial charge in [-0.15, -0.1) is 0 Å². The van der Waals surface area contributed by atoms with Crippen molar-refractivity contribution < 1.29 is 35.8 Å². The van der Waals surface area contributed by atoms with Crippen LogP contribution in [0.25, 0.3) is 10.8 Å². The molecule has 0 atom stereocenters. The highest BCUT2D eigenvalue weighted by molar-refractivity contribution is 7.86. The minimum atomic E-state index is -4.81. The van der Waals surface area contributed by atoms with Crippen molar-refractivity contribution in [2.24, 2.45) is 10.2 Å². The third-order valence-electron chi connectivity index (χ3n) is 5.50. The van der Waals surface area contributed by atoms with Crippen molar-refractivity contribution in [3.05, 3.63) is 53.3 Å². The summed E-state index contributed by atoms with van der Waals surface area (Å²) in [5.74, 6) is 0.511. The average molecular weight is 624 g/mol. The predicted molar refractivity (Wildman–Crippen MR) is 149 cm³/mol. The van der Waals surface area contributed by atoms with Gasteiger partial charge in [-0.2, -0.15) is 42.0 Å². The second kappa shape index (κ2) is 11.9. The number of anilines is 3. The predicted octanol–water partition coefficient (Wildman–Crippen LogP) is 4.05. The molecule has 0 fully saturated rings. The number of hydrogen-bond acceptors (Lipinski definition) is 13. The Hall–Kier alpha value is -4.00. The van der Waals surface area contributed by atoms with Gasteiger partial charge in [-0.3, -0.25) is 9.11 Å². The van der Waals surface area contributed by atoms with Gasteiger partial charge in [-0.1, -0.05) is 12.1 Å². The van der Waals surface area contributed by atoms with Crippen LogP contribution in [0.5, 0.6) is 5.75 Å². The van der Waals surface area contributed by atoms with Crippen molar-refractivity contribution in [2.45, 2.75) is 16.7 Å². The number of nitrogens with one attached hydrogen (secondary N) is 2. The van der Waals surface area contributed by atoms with Gasteiger partial charge >= 0.3 is 0 Å². The smallest absolute Gasteiger partial charge is 0.295 e. The molecule has 4 rings (SSSR count). The molecule has 0 aliphatic heterocycles. The zero-order valence-corrected chi connectivity index (χ0v) is 23.7. The Morgan fingerprint density at radius 2 is 1.63 bits per heavy atom. The second-order valence-electron chi connectivity index (χ2n) is 8.31. The van der Waals surface area contributed by atoms with Gasteiger partial charge in [0.1, 0.15) is 15.5 Å². The van der Waals surface area contributed by atoms with E-state index in [4.69, 9.17) is 21.4 Å². The number of rotatable bonds is 10. The molecule has 4 aromatic rings. The van der Waals surface area contributed by atoms with Crippen molar-refractivity contribution in [3.63, 3.8) is 0 Å². The first-order valence-electron chi connectivity index (χ1n) is 11.5. The van der Waals surface area contributed by atoms with Crippen LogP contribution in [0.2, 0.25) is 5.28 Å². The summed E-state index contributed by atoms with van der Waals surface area (Å²) in [7, 11) is -8.15. The number of fused-ring (bicyclic) bond motifs is 1. The maximum atomic E-state index is 12.1. The summed E-state index contributed by atoms with van der Waals surface area (Å²) in [4.78, 5) is 10.9. The fourth-order valence-electron chi connectivity index (χ4n) is 3.74. The minimum Gasteiger partial charge on any atom is -0.494 e. The number of methoxy groups -OCH3 is 1. The normalized spacial score (nSPS) is 12.1. The molecular weight excluding hydrogens is 602 g/mol. The Kier molecular flexibility index (Phi) is 8.66. The maximum absolute atomic E-state index is 12.1. The van der Waals surface area contributed by atoms with Gasteiger partial charge in [-0.05, 0) is 48.4 Å². The number of aryl methyl sites for hydroxylation is 1. The van der Waals surface area contributed by atoms with E-state index in [-0.39, 0.29) is 52.5 Å². The Bertz CT molecular complexity index is 1890. The van der Waals surface area contributed by atoms with Crippen LogP contribution in [-0.4, -0.2) is 66.3 Å². The van der Waals surface area contributed by atoms with Crippen molar-refractivity contribution in [1.29, 1.82) is 0 Å². The molecule has 0 saturated heterocycles. The standard InChI is InChI=1S/C23H22ClN7O8S2/c1-12-8-17(26-23-28-21(24)27-22(29-23)25-6-7-32)18(39-2)11-16(12)31-30-13-9-15-14(20(10-13)41(36,37)38)4-3-5-19(15)40(33,34)35/h3-5,8-11,32H,6-7H2,1-2H3,(H,33,34,35)(H,36,37,38)(H2,25,26,27,28,29). The van der Waals surface area contributed by atoms with Crippen LogP contribution in [0.1, 0.15) is 5.56 Å². The maximum Gasteiger partial charge on any atom is 0.295 e. The zero-order valence-electron chi connectivity index (χ0n) is 21.3. The van der Waals surface area contributed by atoms with Gasteiger partial charge in [0.25, 0.3) is 20.2 Å². The quantitative estimate of drug-likeness (QED) is 0.124. The van der Waals surface area contributed by atoms with Crippen molar-refractivity contribution in [2.75, 3.05) is 30.9 Å². The summed E-state index contributed by atoms with van der Waals surface area (Å²) in [6, 6.07) is 8.98. The summed E-state index contributed by atoms with van der Waals surface area (Å²) in [5.41, 5.74) is 1.18. The molecule has 216 valence electrons. The molecule has 0 aliphatic carbocycles. The van der Waals surface area contributed by atoms with Crippen LogP contribution in [0.4, 0.5) is 29.0 Å². The minimum absolute atomic E-state index is 0.0843. The van der Waals surface area contributed by atoms with Crippen LogP contribution in [0, 0.1) is 6.92 Å². The van der Waals surface area contributed by atoms with Crippen molar-refractivity contribution in [3.8, 4) is 5.75 Å². The summed E-state index contributed by atoms with van der Waals surface area (Å²) >= 11 is 5.97. The van der Waals surface area contributed by atoms with Gasteiger partial charge in [0, 0.05) is 23.4 Å². The molecular formula is C23H22ClN7O8S2. The van der Waals surface area contributed by atoms with Crippen LogP contribution in [-0.2, 0) is 20.2 Å². The molecule has 15 nitrogen and oxygen atoms in total. The number of azo groups is 1. The first kappa shape index (κ1) is 30.0. The van der Waals surface area contributed by atoms with Gasteiger partial charge in [0.05, 0.1) is 30.8 Å². The van der Waals surface area contributed by atoms with E-state index in [1.807, 2.05) is 0 Å². The molecule has 5 N–H and O–H groups in total. The lowest BCUT2D eigenvalue weighted by Crippen LogP contribution is -2.11. The Labute approximate surface area is 238 Å². The largest absolute Gasteiger partial charge is 0.494 e. The van der Waals surface area contributed by atoms with Gasteiger partial charge in [0.2, 0.25) is 17.2 Å². The number of benzene rings is 3. The topological polar surface area (TPSA) is 226 Å². The lowest BCUT2D eigenvalue weighted by atomic mass is 10.1. The third kappa shape index (κ3) is 7.02. The van der Waals surface area contributed by atoms with Gasteiger partial charge in [-0.25, -0.2) is 0 Å². The van der Waals surface area contributed by atoms with Gasteiger partial charge in [0.15, 0.2) is 0 Å². The molecule has 41 heavy (non-hydrogen) atoms. The first-order valence-corrected chi connectivity index (χ1v) is 14.7. The molecule has 0 amide bonds. The fraction of sp³-hybridized carbons (Fsp3) is 0.174. The van der Waals surface area contributed by atoms with Crippen LogP contribution >= 0.6 is 11.6 Å². The Balaban J connectivity index is 1.74. The van der Waals surface area contributed by atoms with Crippen LogP contribution in [0.3, 0.4) is 0 Å². The molecule has 1 heterocycles. The van der Waals surface area contributed by atoms with Crippen LogP contribution in [0.15, 0.2) is 62.5 Å². The van der Waals surface area contributed by atoms with Crippen molar-refractivity contribution >= 4 is 71.6 Å². The van der Waals surface area contributed by atoms with E-state index < -0.39 is 30.0 Å². The van der Waals surface area contributed by atoms with E-state index in [0.29, 0.717) is 16.9 Å². The molecule has 3 aromatic carbocycles. The van der Waals surface area contributed by atoms with Gasteiger partial charge < -0.3 is 20.5 Å². The third-order valence-corrected chi connectivity index (χ3v) is 7.47. The highest BCUT2D eigenvalue weighted by atomic mass is 35.5. The molecule has 0 unspecified atom stereocenters. The zero-order chi connectivity index (χ0) is 29.9. The summed E-state index contributed by atoms with van der Waals surface area (Å²) in [6.07, 6.45) is 0. The molecule has 0 spiro atoms. The molecule has 0 bridgehead atoms. The number of aliphatic hydroxyl groups excluding tert-OH is 1. The van der Waals surface area contributed by atoms with E-state index in [2.05, 4.69) is 35.8 Å². The van der Waals surface area contributed by atoms with E-state index in [1.54, 1.807) is 13.0 Å². The van der Waals surface area contributed by atoms with Crippen molar-refractivity contribution in [1.82, 2.24) is 15.0 Å². The molecule has 18 heteroatoms. The lowest BCUT2D eigenvalue weighted by molar-refractivity contribution is 0.311. The average Bonchev–Trinajstić information content (AvgIpc) is 2.89. The summed E-state index contributed by atoms with van der Waals surface area (Å²) in [5, 5.41) is 22.5. The Morgan fingerprint density at radius 3 is 2.29 bits per heavy atom. The number of aliphatic hydroxyl groups is 1. The number of hydrogen-bond donors (Lipinski definition) is 5. The highest BCUT2D eigenvalue weighted by Gasteiger charge is 2.21. The molecule has 0 aliphatic rings. The second-order valence-corrected chi connectivity index (χ2v) is 11.4. The number of ether oxygens (including phenoxy) is 1. The number of aromatic nitrogens is 3. The number of nitrogens with zero attached hydrogens (tertiary/aromatic N) is 5. The molecule has 0 radical (unpaired) electrons. The lowest BCUT2D eigenvalue weighted by Gasteiger charge is -2.13. The van der Waals surface area contributed by atoms with E-state index in [0.717, 1.165) is 12.1 Å². The summed E-state index contributed by atoms with van der Waals surface area (Å²) in [6.45, 7) is 1.75. The molecule has 0 saturated carbocycles. The Morgan fingerprint density at radius 1 is 0.927 bits per heavy atom. The van der Waals surface area contributed by atoms with E-state index >= 15 is 0 Å². The first-order chi connectivity index (χ1) is 19.3. The van der Waals surface area contributed by atoms with E-state index in [9.17, 15) is 25.9 Å². The fourth-order valence-corrected chi connectivity index (χ4v) is 5.32. The van der Waals surface area contributed by atoms with E-state index in [1.165, 1.54) is 31.4 Å². The SMILES string of the molecule is COc1cc(N=Nc2cc(S(=O)(=O)O)c3cccc(S(=O)(=O)O)c3c2)c(C)cc1Nc1nc(Cl)nc(NCCO)n1. The molecule has 1 aromatic heterocycles. The monoisotopic (exact) mass is 623 g/mol. The van der Waals surface area contributed by atoms with Crippen LogP contribution < -0.4 is 15.4 Å². The number of halogens is 1. The highest BCUT2D eigenvalue weighted by Crippen LogP contribution is 2.37. The summed E-state index contributed by atoms with van der Waals surface area (Å²) < 4.78 is 72.7.